The fourth-order valence-electron chi connectivity index (χ4n) is 2.45. The van der Waals surface area contributed by atoms with Gasteiger partial charge in [0.1, 0.15) is 17.1 Å². The van der Waals surface area contributed by atoms with E-state index in [4.69, 9.17) is 15.2 Å². The minimum Gasteiger partial charge on any atom is -0.496 e. The number of methoxy groups -OCH3 is 2. The molecule has 7 nitrogen and oxygen atoms in total. The van der Waals surface area contributed by atoms with Gasteiger partial charge in [0.25, 0.3) is 0 Å². The zero-order chi connectivity index (χ0) is 17.1. The lowest BCUT2D eigenvalue weighted by molar-refractivity contribution is 0.397. The molecule has 1 aromatic carbocycles. The number of aryl methyl sites for hydroxylation is 1. The molecule has 0 fully saturated rings. The Morgan fingerprint density at radius 1 is 1.17 bits per heavy atom. The van der Waals surface area contributed by atoms with Gasteiger partial charge in [0.2, 0.25) is 0 Å². The van der Waals surface area contributed by atoms with Crippen molar-refractivity contribution in [1.82, 2.24) is 20.2 Å². The van der Waals surface area contributed by atoms with Crippen LogP contribution in [0.5, 0.6) is 11.5 Å². The third-order valence-corrected chi connectivity index (χ3v) is 4.77. The van der Waals surface area contributed by atoms with Gasteiger partial charge in [0, 0.05) is 6.42 Å². The number of thiazole rings is 1. The van der Waals surface area contributed by atoms with Crippen LogP contribution in [0.25, 0.3) is 22.1 Å². The molecule has 0 unspecified atom stereocenters. The van der Waals surface area contributed by atoms with Crippen LogP contribution in [0.4, 0.5) is 0 Å². The van der Waals surface area contributed by atoms with Gasteiger partial charge in [-0.1, -0.05) is 6.07 Å². The maximum Gasteiger partial charge on any atom is 0.189 e. The van der Waals surface area contributed by atoms with E-state index >= 15 is 0 Å². The highest BCUT2D eigenvalue weighted by Crippen LogP contribution is 2.37. The number of hydrogen-bond donors (Lipinski definition) is 2. The average molecular weight is 345 g/mol. The van der Waals surface area contributed by atoms with Crippen molar-refractivity contribution in [2.45, 2.75) is 13.3 Å². The zero-order valence-electron chi connectivity index (χ0n) is 13.8. The molecule has 8 heteroatoms. The average Bonchev–Trinajstić information content (AvgIpc) is 3.20. The first kappa shape index (κ1) is 16.4. The zero-order valence-corrected chi connectivity index (χ0v) is 14.6. The minimum atomic E-state index is 0.521. The van der Waals surface area contributed by atoms with Gasteiger partial charge in [-0.25, -0.2) is 9.97 Å². The van der Waals surface area contributed by atoms with Gasteiger partial charge in [0.15, 0.2) is 11.6 Å². The van der Waals surface area contributed by atoms with Crippen LogP contribution in [0.15, 0.2) is 18.2 Å². The first-order valence-corrected chi connectivity index (χ1v) is 8.30. The van der Waals surface area contributed by atoms with E-state index < -0.39 is 0 Å². The quantitative estimate of drug-likeness (QED) is 0.712. The van der Waals surface area contributed by atoms with Crippen LogP contribution in [0.3, 0.4) is 0 Å². The van der Waals surface area contributed by atoms with Crippen molar-refractivity contribution < 1.29 is 9.47 Å². The Labute approximate surface area is 143 Å². The summed E-state index contributed by atoms with van der Waals surface area (Å²) in [7, 11) is 3.22. The second kappa shape index (κ2) is 6.98. The predicted molar refractivity (Wildman–Crippen MR) is 93.5 cm³/mol. The first-order chi connectivity index (χ1) is 11.7. The minimum absolute atomic E-state index is 0.521. The van der Waals surface area contributed by atoms with E-state index in [1.54, 1.807) is 25.6 Å². The Kier molecular flexibility index (Phi) is 4.77. The molecule has 0 aliphatic rings. The van der Waals surface area contributed by atoms with E-state index in [0.29, 0.717) is 35.3 Å². The Balaban J connectivity index is 2.03. The standard InChI is InChI=1S/C16H19N5O2S/c1-9-14(24-12(18-9)7-8-17)16-19-15(20-21-16)13-10(22-2)5-4-6-11(13)23-3/h4-6H,7-8,17H2,1-3H3,(H,19,20,21). The molecule has 3 rings (SSSR count). The molecule has 0 bridgehead atoms. The summed E-state index contributed by atoms with van der Waals surface area (Å²) in [6, 6.07) is 5.57. The molecule has 2 heterocycles. The summed E-state index contributed by atoms with van der Waals surface area (Å²) in [5.41, 5.74) is 7.24. The molecule has 0 amide bonds. The molecule has 3 aromatic rings. The van der Waals surface area contributed by atoms with Crippen LogP contribution in [0, 0.1) is 6.92 Å². The van der Waals surface area contributed by atoms with Crippen molar-refractivity contribution in [1.29, 1.82) is 0 Å². The molecule has 0 radical (unpaired) electrons. The molecular formula is C16H19N5O2S. The number of H-pyrrole nitrogens is 1. The molecule has 3 N–H and O–H groups in total. The Bertz CT molecular complexity index is 821. The van der Waals surface area contributed by atoms with Crippen LogP contribution in [-0.2, 0) is 6.42 Å². The lowest BCUT2D eigenvalue weighted by atomic mass is 10.1. The summed E-state index contributed by atoms with van der Waals surface area (Å²) in [6.45, 7) is 2.53. The largest absolute Gasteiger partial charge is 0.496 e. The van der Waals surface area contributed by atoms with Crippen LogP contribution in [0.2, 0.25) is 0 Å². The summed E-state index contributed by atoms with van der Waals surface area (Å²) in [5, 5.41) is 8.32. The third kappa shape index (κ3) is 2.98. The van der Waals surface area contributed by atoms with Gasteiger partial charge in [0.05, 0.1) is 29.8 Å². The van der Waals surface area contributed by atoms with E-state index in [1.165, 1.54) is 0 Å². The predicted octanol–water partition coefficient (Wildman–Crippen LogP) is 2.42. The van der Waals surface area contributed by atoms with E-state index in [2.05, 4.69) is 20.2 Å². The highest BCUT2D eigenvalue weighted by atomic mass is 32.1. The van der Waals surface area contributed by atoms with E-state index in [9.17, 15) is 0 Å². The van der Waals surface area contributed by atoms with Crippen molar-refractivity contribution in [3.8, 4) is 33.6 Å². The van der Waals surface area contributed by atoms with Gasteiger partial charge < -0.3 is 15.2 Å². The highest BCUT2D eigenvalue weighted by Gasteiger charge is 2.19. The number of hydrogen-bond acceptors (Lipinski definition) is 7. The molecule has 0 saturated carbocycles. The molecule has 0 aliphatic heterocycles. The van der Waals surface area contributed by atoms with Gasteiger partial charge in [-0.3, -0.25) is 5.10 Å². The summed E-state index contributed by atoms with van der Waals surface area (Å²) >= 11 is 1.58. The third-order valence-electron chi connectivity index (χ3n) is 3.55. The fourth-order valence-corrected chi connectivity index (χ4v) is 3.47. The van der Waals surface area contributed by atoms with Gasteiger partial charge >= 0.3 is 0 Å². The monoisotopic (exact) mass is 345 g/mol. The molecule has 0 atom stereocenters. The summed E-state index contributed by atoms with van der Waals surface area (Å²) < 4.78 is 10.8. The number of nitrogens with zero attached hydrogens (tertiary/aromatic N) is 3. The van der Waals surface area contributed by atoms with Crippen molar-refractivity contribution >= 4 is 11.3 Å². The smallest absolute Gasteiger partial charge is 0.189 e. The van der Waals surface area contributed by atoms with E-state index in [1.807, 2.05) is 25.1 Å². The fraction of sp³-hybridized carbons (Fsp3) is 0.312. The first-order valence-electron chi connectivity index (χ1n) is 7.48. The molecule has 2 aromatic heterocycles. The maximum atomic E-state index is 5.61. The van der Waals surface area contributed by atoms with Gasteiger partial charge in [-0.05, 0) is 25.6 Å². The van der Waals surface area contributed by atoms with Crippen molar-refractivity contribution in [2.24, 2.45) is 5.73 Å². The Morgan fingerprint density at radius 2 is 1.88 bits per heavy atom. The summed E-state index contributed by atoms with van der Waals surface area (Å²) in [5.74, 6) is 2.51. The van der Waals surface area contributed by atoms with Gasteiger partial charge in [-0.15, -0.1) is 11.3 Å². The second-order valence-electron chi connectivity index (χ2n) is 5.11. The SMILES string of the molecule is COc1cccc(OC)c1-c1n[nH]c(-c2sc(CCN)nc2C)n1. The lowest BCUT2D eigenvalue weighted by Crippen LogP contribution is -2.01. The Morgan fingerprint density at radius 3 is 2.50 bits per heavy atom. The van der Waals surface area contributed by atoms with E-state index in [-0.39, 0.29) is 0 Å². The number of rotatable bonds is 6. The van der Waals surface area contributed by atoms with Crippen LogP contribution in [-0.4, -0.2) is 40.9 Å². The molecule has 24 heavy (non-hydrogen) atoms. The van der Waals surface area contributed by atoms with Crippen molar-refractivity contribution in [2.75, 3.05) is 20.8 Å². The number of nitrogens with one attached hydrogen (secondary N) is 1. The van der Waals surface area contributed by atoms with E-state index in [0.717, 1.165) is 22.0 Å². The van der Waals surface area contributed by atoms with Gasteiger partial charge in [-0.2, -0.15) is 5.10 Å². The molecule has 0 spiro atoms. The number of aromatic amines is 1. The van der Waals surface area contributed by atoms with Crippen LogP contribution < -0.4 is 15.2 Å². The summed E-state index contributed by atoms with van der Waals surface area (Å²) in [4.78, 5) is 10.1. The molecular weight excluding hydrogens is 326 g/mol. The van der Waals surface area contributed by atoms with Crippen LogP contribution in [0.1, 0.15) is 10.7 Å². The maximum absolute atomic E-state index is 5.61. The topological polar surface area (TPSA) is 98.9 Å². The second-order valence-corrected chi connectivity index (χ2v) is 6.19. The number of aromatic nitrogens is 4. The van der Waals surface area contributed by atoms with Crippen molar-refractivity contribution in [3.63, 3.8) is 0 Å². The lowest BCUT2D eigenvalue weighted by Gasteiger charge is -2.09. The van der Waals surface area contributed by atoms with Crippen LogP contribution >= 0.6 is 11.3 Å². The number of ether oxygens (including phenoxy) is 2. The number of nitrogens with two attached hydrogens (primary N) is 1. The molecule has 0 aliphatic carbocycles. The molecule has 0 saturated heterocycles. The number of benzene rings is 1. The summed E-state index contributed by atoms with van der Waals surface area (Å²) in [6.07, 6.45) is 0.757. The normalized spacial score (nSPS) is 10.8. The molecule has 126 valence electrons. The highest BCUT2D eigenvalue weighted by molar-refractivity contribution is 7.15. The van der Waals surface area contributed by atoms with Crippen molar-refractivity contribution in [3.05, 3.63) is 28.9 Å². The Hall–Kier alpha value is -2.45.